The van der Waals surface area contributed by atoms with Crippen molar-refractivity contribution in [2.24, 2.45) is 24.8 Å². The molecule has 4 rings (SSSR count). The number of likely N-dealkylation sites (tertiary alicyclic amines) is 1. The van der Waals surface area contributed by atoms with E-state index in [2.05, 4.69) is 20.6 Å². The van der Waals surface area contributed by atoms with Gasteiger partial charge >= 0.3 is 6.09 Å². The first-order valence-electron chi connectivity index (χ1n) is 9.05. The Morgan fingerprint density at radius 1 is 1.27 bits per heavy atom. The van der Waals surface area contributed by atoms with Crippen molar-refractivity contribution >= 4 is 11.9 Å². The lowest BCUT2D eigenvalue weighted by atomic mass is 10.0. The van der Waals surface area contributed by atoms with Crippen LogP contribution >= 0.6 is 0 Å². The fraction of sp³-hybridized carbons (Fsp3) is 0.556. The summed E-state index contributed by atoms with van der Waals surface area (Å²) in [7, 11) is 1.90. The van der Waals surface area contributed by atoms with Crippen LogP contribution in [0.3, 0.4) is 0 Å². The number of amides is 1. The molecule has 1 saturated heterocycles. The lowest BCUT2D eigenvalue weighted by Crippen LogP contribution is -2.28. The topological polar surface area (TPSA) is 96.2 Å². The van der Waals surface area contributed by atoms with E-state index in [4.69, 9.17) is 5.11 Å². The maximum atomic E-state index is 11.1. The maximum absolute atomic E-state index is 11.1. The van der Waals surface area contributed by atoms with Crippen LogP contribution in [0, 0.1) is 24.7 Å². The van der Waals surface area contributed by atoms with Crippen molar-refractivity contribution in [3.05, 3.63) is 23.9 Å². The third-order valence-electron chi connectivity index (χ3n) is 5.72. The summed E-state index contributed by atoms with van der Waals surface area (Å²) in [4.78, 5) is 12.6. The van der Waals surface area contributed by atoms with Gasteiger partial charge in [0.05, 0.1) is 11.9 Å². The van der Waals surface area contributed by atoms with Crippen LogP contribution in [0.5, 0.6) is 0 Å². The molecule has 0 aromatic carbocycles. The number of carbonyl (C=O) groups is 1. The minimum absolute atomic E-state index is 0.513. The SMILES string of the molecule is Cc1cnn(C)c1-c1ccc(NC[C@H]2C[C@@H]3CN(C(=O)O)C[C@@H]3C2)nn1. The third-order valence-corrected chi connectivity index (χ3v) is 5.72. The van der Waals surface area contributed by atoms with Crippen LogP contribution in [0.15, 0.2) is 18.3 Å². The summed E-state index contributed by atoms with van der Waals surface area (Å²) in [5.41, 5.74) is 2.88. The molecule has 2 N–H and O–H groups in total. The molecule has 1 saturated carbocycles. The van der Waals surface area contributed by atoms with Gasteiger partial charge in [-0.3, -0.25) is 4.68 Å². The Labute approximate surface area is 152 Å². The lowest BCUT2D eigenvalue weighted by molar-refractivity contribution is 0.151. The van der Waals surface area contributed by atoms with Crippen molar-refractivity contribution in [3.63, 3.8) is 0 Å². The molecule has 2 aromatic rings. The van der Waals surface area contributed by atoms with Crippen LogP contribution in [0.1, 0.15) is 18.4 Å². The molecule has 138 valence electrons. The minimum Gasteiger partial charge on any atom is -0.465 e. The number of hydrogen-bond donors (Lipinski definition) is 2. The normalized spacial score (nSPS) is 24.7. The summed E-state index contributed by atoms with van der Waals surface area (Å²) in [6.45, 7) is 4.25. The van der Waals surface area contributed by atoms with E-state index in [0.717, 1.165) is 42.2 Å². The highest BCUT2D eigenvalue weighted by atomic mass is 16.4. The van der Waals surface area contributed by atoms with Crippen molar-refractivity contribution < 1.29 is 9.90 Å². The molecule has 2 aliphatic rings. The maximum Gasteiger partial charge on any atom is 0.407 e. The second-order valence-electron chi connectivity index (χ2n) is 7.53. The second-order valence-corrected chi connectivity index (χ2v) is 7.53. The zero-order valence-corrected chi connectivity index (χ0v) is 15.1. The number of nitrogens with one attached hydrogen (secondary N) is 1. The average molecular weight is 356 g/mol. The first kappa shape index (κ1) is 16.8. The van der Waals surface area contributed by atoms with Crippen molar-refractivity contribution in [2.75, 3.05) is 25.0 Å². The predicted molar refractivity (Wildman–Crippen MR) is 96.8 cm³/mol. The fourth-order valence-electron chi connectivity index (χ4n) is 4.47. The molecular weight excluding hydrogens is 332 g/mol. The zero-order chi connectivity index (χ0) is 18.3. The molecule has 0 unspecified atom stereocenters. The summed E-state index contributed by atoms with van der Waals surface area (Å²) in [5.74, 6) is 2.37. The molecule has 0 bridgehead atoms. The standard InChI is InChI=1S/C18H24N6O2/c1-11-7-20-23(2)17(11)15-3-4-16(22-21-15)19-8-12-5-13-9-24(18(25)26)10-14(13)6-12/h3-4,7,12-14H,5-6,8-10H2,1-2H3,(H,19,22)(H,25,26)/t12-,13+,14-. The molecule has 0 radical (unpaired) electrons. The molecule has 1 aliphatic carbocycles. The Bertz CT molecular complexity index is 769. The van der Waals surface area contributed by atoms with Crippen LogP contribution in [0.25, 0.3) is 11.4 Å². The highest BCUT2D eigenvalue weighted by Gasteiger charge is 2.42. The monoisotopic (exact) mass is 356 g/mol. The number of aryl methyl sites for hydroxylation is 2. The van der Waals surface area contributed by atoms with Crippen LogP contribution in [0.4, 0.5) is 10.6 Å². The van der Waals surface area contributed by atoms with Crippen LogP contribution in [-0.2, 0) is 7.05 Å². The number of anilines is 1. The number of carboxylic acid groups (broad SMARTS) is 1. The number of rotatable bonds is 4. The van der Waals surface area contributed by atoms with Crippen molar-refractivity contribution in [1.82, 2.24) is 24.9 Å². The van der Waals surface area contributed by atoms with Crippen molar-refractivity contribution in [2.45, 2.75) is 19.8 Å². The first-order valence-corrected chi connectivity index (χ1v) is 9.05. The Hall–Kier alpha value is -2.64. The van der Waals surface area contributed by atoms with Gasteiger partial charge in [-0.25, -0.2) is 4.79 Å². The predicted octanol–water partition coefficient (Wildman–Crippen LogP) is 2.23. The van der Waals surface area contributed by atoms with Gasteiger partial charge in [-0.15, -0.1) is 10.2 Å². The molecule has 1 amide bonds. The Kier molecular flexibility index (Phi) is 4.26. The molecule has 2 fully saturated rings. The highest BCUT2D eigenvalue weighted by molar-refractivity contribution is 5.65. The van der Waals surface area contributed by atoms with E-state index in [1.165, 1.54) is 0 Å². The van der Waals surface area contributed by atoms with Gasteiger partial charge in [0.2, 0.25) is 0 Å². The van der Waals surface area contributed by atoms with Gasteiger partial charge in [0, 0.05) is 26.7 Å². The third kappa shape index (κ3) is 3.11. The fourth-order valence-corrected chi connectivity index (χ4v) is 4.47. The summed E-state index contributed by atoms with van der Waals surface area (Å²) >= 11 is 0. The lowest BCUT2D eigenvalue weighted by Gasteiger charge is -2.16. The van der Waals surface area contributed by atoms with Gasteiger partial charge in [0.15, 0.2) is 0 Å². The Morgan fingerprint density at radius 3 is 2.54 bits per heavy atom. The van der Waals surface area contributed by atoms with Gasteiger partial charge in [-0.05, 0) is 55.2 Å². The van der Waals surface area contributed by atoms with Gasteiger partial charge in [-0.1, -0.05) is 0 Å². The van der Waals surface area contributed by atoms with E-state index >= 15 is 0 Å². The van der Waals surface area contributed by atoms with Gasteiger partial charge in [0.1, 0.15) is 11.5 Å². The van der Waals surface area contributed by atoms with Gasteiger partial charge < -0.3 is 15.3 Å². The van der Waals surface area contributed by atoms with Gasteiger partial charge in [0.25, 0.3) is 0 Å². The minimum atomic E-state index is -0.784. The quantitative estimate of drug-likeness (QED) is 0.872. The summed E-state index contributed by atoms with van der Waals surface area (Å²) in [5, 5.41) is 25.4. The second kappa shape index (κ2) is 6.59. The molecule has 3 heterocycles. The molecule has 3 atom stereocenters. The summed E-state index contributed by atoms with van der Waals surface area (Å²) in [6.07, 6.45) is 3.21. The largest absolute Gasteiger partial charge is 0.465 e. The number of nitrogens with zero attached hydrogens (tertiary/aromatic N) is 5. The highest BCUT2D eigenvalue weighted by Crippen LogP contribution is 2.41. The number of aromatic nitrogens is 4. The molecule has 0 spiro atoms. The Morgan fingerprint density at radius 2 is 2.00 bits per heavy atom. The van der Waals surface area contributed by atoms with Crippen molar-refractivity contribution in [1.29, 1.82) is 0 Å². The number of hydrogen-bond acceptors (Lipinski definition) is 5. The van der Waals surface area contributed by atoms with E-state index in [1.807, 2.05) is 37.0 Å². The van der Waals surface area contributed by atoms with E-state index in [9.17, 15) is 4.79 Å². The van der Waals surface area contributed by atoms with Crippen LogP contribution in [0.2, 0.25) is 0 Å². The van der Waals surface area contributed by atoms with E-state index in [0.29, 0.717) is 30.8 Å². The average Bonchev–Trinajstić information content (AvgIpc) is 3.27. The van der Waals surface area contributed by atoms with Crippen LogP contribution < -0.4 is 5.32 Å². The molecule has 8 nitrogen and oxygen atoms in total. The zero-order valence-electron chi connectivity index (χ0n) is 15.1. The van der Waals surface area contributed by atoms with Crippen LogP contribution in [-0.4, -0.2) is 55.7 Å². The summed E-state index contributed by atoms with van der Waals surface area (Å²) in [6, 6.07) is 3.92. The van der Waals surface area contributed by atoms with Gasteiger partial charge in [-0.2, -0.15) is 5.10 Å². The number of fused-ring (bicyclic) bond motifs is 1. The van der Waals surface area contributed by atoms with E-state index in [-0.39, 0.29) is 0 Å². The molecule has 26 heavy (non-hydrogen) atoms. The van der Waals surface area contributed by atoms with E-state index < -0.39 is 6.09 Å². The summed E-state index contributed by atoms with van der Waals surface area (Å²) < 4.78 is 1.81. The smallest absolute Gasteiger partial charge is 0.407 e. The molecular formula is C18H24N6O2. The molecule has 8 heteroatoms. The van der Waals surface area contributed by atoms with Crippen molar-refractivity contribution in [3.8, 4) is 11.4 Å². The van der Waals surface area contributed by atoms with E-state index in [1.54, 1.807) is 4.90 Å². The molecule has 1 aliphatic heterocycles. The first-order chi connectivity index (χ1) is 12.5. The molecule has 2 aromatic heterocycles. The Balaban J connectivity index is 1.32.